The molecule has 0 aromatic heterocycles. The zero-order chi connectivity index (χ0) is 15.7. The predicted octanol–water partition coefficient (Wildman–Crippen LogP) is 2.98. The molecule has 1 saturated carbocycles. The fraction of sp³-hybridized carbons (Fsp3) is 0.467. The van der Waals surface area contributed by atoms with Crippen LogP contribution in [0.4, 0.5) is 13.2 Å². The Kier molecular flexibility index (Phi) is 4.34. The summed E-state index contributed by atoms with van der Waals surface area (Å²) < 4.78 is 45.1. The van der Waals surface area contributed by atoms with E-state index in [-0.39, 0.29) is 30.1 Å². The molecule has 1 aromatic rings. The van der Waals surface area contributed by atoms with Gasteiger partial charge in [0.05, 0.1) is 7.11 Å². The van der Waals surface area contributed by atoms with Crippen molar-refractivity contribution in [1.82, 2.24) is 0 Å². The summed E-state index contributed by atoms with van der Waals surface area (Å²) >= 11 is 0. The molecule has 0 amide bonds. The van der Waals surface area contributed by atoms with Crippen LogP contribution >= 0.6 is 0 Å². The second-order valence-electron chi connectivity index (χ2n) is 5.36. The summed E-state index contributed by atoms with van der Waals surface area (Å²) in [7, 11) is 1.16. The lowest BCUT2D eigenvalue weighted by atomic mass is 9.71. The van der Waals surface area contributed by atoms with Crippen molar-refractivity contribution in [1.29, 1.82) is 0 Å². The topological polar surface area (TPSA) is 43.4 Å². The summed E-state index contributed by atoms with van der Waals surface area (Å²) in [6, 6.07) is 1.39. The van der Waals surface area contributed by atoms with E-state index in [0.717, 1.165) is 13.2 Å². The van der Waals surface area contributed by atoms with Gasteiger partial charge in [0, 0.05) is 12.5 Å². The number of esters is 1. The van der Waals surface area contributed by atoms with Crippen molar-refractivity contribution in [2.24, 2.45) is 11.8 Å². The van der Waals surface area contributed by atoms with Crippen LogP contribution in [0.2, 0.25) is 0 Å². The minimum absolute atomic E-state index is 0.00745. The molecular formula is C15H15F3O3. The molecule has 3 nitrogen and oxygen atoms in total. The Morgan fingerprint density at radius 3 is 2.57 bits per heavy atom. The Balaban J connectivity index is 2.38. The minimum atomic E-state index is -1.27. The van der Waals surface area contributed by atoms with Gasteiger partial charge in [-0.05, 0) is 29.9 Å². The lowest BCUT2D eigenvalue weighted by Crippen LogP contribution is -2.35. The second kappa shape index (κ2) is 5.87. The van der Waals surface area contributed by atoms with Crippen LogP contribution in [0.15, 0.2) is 12.1 Å². The van der Waals surface area contributed by atoms with Crippen LogP contribution in [-0.2, 0) is 14.3 Å². The summed E-state index contributed by atoms with van der Waals surface area (Å²) in [5.41, 5.74) is -0.138. The van der Waals surface area contributed by atoms with Crippen LogP contribution in [0.1, 0.15) is 31.2 Å². The molecule has 0 radical (unpaired) electrons. The monoisotopic (exact) mass is 300 g/mol. The molecule has 1 aromatic carbocycles. The Bertz CT molecular complexity index is 586. The number of ketones is 1. The van der Waals surface area contributed by atoms with Crippen molar-refractivity contribution >= 4 is 11.8 Å². The molecule has 1 aliphatic carbocycles. The first-order valence-corrected chi connectivity index (χ1v) is 6.60. The first kappa shape index (κ1) is 15.5. The lowest BCUT2D eigenvalue weighted by Gasteiger charge is -2.32. The van der Waals surface area contributed by atoms with Gasteiger partial charge in [0.1, 0.15) is 17.5 Å². The molecule has 3 unspecified atom stereocenters. The fourth-order valence-electron chi connectivity index (χ4n) is 2.87. The molecule has 6 heteroatoms. The Labute approximate surface area is 120 Å². The molecule has 0 saturated heterocycles. The molecule has 0 N–H and O–H groups in total. The highest BCUT2D eigenvalue weighted by molar-refractivity contribution is 5.99. The molecule has 0 bridgehead atoms. The third-order valence-corrected chi connectivity index (χ3v) is 3.99. The van der Waals surface area contributed by atoms with Gasteiger partial charge in [-0.1, -0.05) is 6.92 Å². The number of benzene rings is 1. The molecule has 1 aliphatic rings. The van der Waals surface area contributed by atoms with E-state index in [1.807, 2.05) is 0 Å². The van der Waals surface area contributed by atoms with Gasteiger partial charge in [-0.2, -0.15) is 0 Å². The number of Topliss-reactive ketones (excluding diaryl/α,β-unsaturated/α-hetero) is 1. The standard InChI is InChI=1S/C15H15F3O3/c1-7-3-13(19)11(15(20)21-2)6-9(7)10-4-8(16)5-12(17)14(10)18/h4-5,7,9,11H,3,6H2,1-2H3. The number of hydrogen-bond acceptors (Lipinski definition) is 3. The zero-order valence-electron chi connectivity index (χ0n) is 11.7. The van der Waals surface area contributed by atoms with E-state index in [0.29, 0.717) is 6.07 Å². The maximum Gasteiger partial charge on any atom is 0.316 e. The number of methoxy groups -OCH3 is 1. The maximum atomic E-state index is 13.9. The number of carbonyl (C=O) groups excluding carboxylic acids is 2. The first-order chi connectivity index (χ1) is 9.85. The number of hydrogen-bond donors (Lipinski definition) is 0. The van der Waals surface area contributed by atoms with Crippen LogP contribution in [-0.4, -0.2) is 18.9 Å². The molecule has 0 spiro atoms. The van der Waals surface area contributed by atoms with Crippen molar-refractivity contribution in [3.05, 3.63) is 35.1 Å². The van der Waals surface area contributed by atoms with Gasteiger partial charge in [-0.25, -0.2) is 13.2 Å². The smallest absolute Gasteiger partial charge is 0.316 e. The van der Waals surface area contributed by atoms with Crippen LogP contribution < -0.4 is 0 Å². The van der Waals surface area contributed by atoms with Gasteiger partial charge in [0.25, 0.3) is 0 Å². The Hall–Kier alpha value is -1.85. The fourth-order valence-corrected chi connectivity index (χ4v) is 2.87. The first-order valence-electron chi connectivity index (χ1n) is 6.60. The molecule has 2 rings (SSSR count). The molecule has 1 fully saturated rings. The summed E-state index contributed by atoms with van der Waals surface area (Å²) in [5.74, 6) is -6.22. The summed E-state index contributed by atoms with van der Waals surface area (Å²) in [4.78, 5) is 23.5. The van der Waals surface area contributed by atoms with E-state index in [2.05, 4.69) is 4.74 Å². The van der Waals surface area contributed by atoms with Crippen LogP contribution in [0.25, 0.3) is 0 Å². The molecule has 3 atom stereocenters. The number of rotatable bonds is 2. The van der Waals surface area contributed by atoms with Crippen molar-refractivity contribution in [2.45, 2.75) is 25.7 Å². The lowest BCUT2D eigenvalue weighted by molar-refractivity contribution is -0.151. The van der Waals surface area contributed by atoms with Gasteiger partial charge in [-0.15, -0.1) is 0 Å². The highest BCUT2D eigenvalue weighted by atomic mass is 19.2. The third kappa shape index (κ3) is 2.94. The van der Waals surface area contributed by atoms with E-state index in [9.17, 15) is 22.8 Å². The molecule has 21 heavy (non-hydrogen) atoms. The number of carbonyl (C=O) groups is 2. The highest BCUT2D eigenvalue weighted by Crippen LogP contribution is 2.40. The second-order valence-corrected chi connectivity index (χ2v) is 5.36. The largest absolute Gasteiger partial charge is 0.468 e. The van der Waals surface area contributed by atoms with Crippen molar-refractivity contribution in [3.8, 4) is 0 Å². The van der Waals surface area contributed by atoms with Gasteiger partial charge < -0.3 is 4.74 Å². The Morgan fingerprint density at radius 2 is 1.95 bits per heavy atom. The molecule has 114 valence electrons. The summed E-state index contributed by atoms with van der Waals surface area (Å²) in [5, 5.41) is 0. The van der Waals surface area contributed by atoms with Crippen molar-refractivity contribution < 1.29 is 27.5 Å². The number of ether oxygens (including phenoxy) is 1. The zero-order valence-corrected chi connectivity index (χ0v) is 11.7. The molecule has 0 aliphatic heterocycles. The van der Waals surface area contributed by atoms with E-state index in [1.54, 1.807) is 6.92 Å². The number of halogens is 3. The third-order valence-electron chi connectivity index (χ3n) is 3.99. The normalized spacial score (nSPS) is 25.8. The average molecular weight is 300 g/mol. The van der Waals surface area contributed by atoms with Gasteiger partial charge >= 0.3 is 5.97 Å². The quantitative estimate of drug-likeness (QED) is 0.479. The van der Waals surface area contributed by atoms with E-state index < -0.39 is 35.3 Å². The van der Waals surface area contributed by atoms with Crippen molar-refractivity contribution in [3.63, 3.8) is 0 Å². The van der Waals surface area contributed by atoms with Gasteiger partial charge in [0.2, 0.25) is 0 Å². The highest BCUT2D eigenvalue weighted by Gasteiger charge is 2.40. The van der Waals surface area contributed by atoms with Crippen LogP contribution in [0.5, 0.6) is 0 Å². The van der Waals surface area contributed by atoms with Gasteiger partial charge in [-0.3, -0.25) is 9.59 Å². The van der Waals surface area contributed by atoms with E-state index >= 15 is 0 Å². The molecule has 0 heterocycles. The summed E-state index contributed by atoms with van der Waals surface area (Å²) in [6.45, 7) is 1.69. The maximum absolute atomic E-state index is 13.9. The molecular weight excluding hydrogens is 285 g/mol. The average Bonchev–Trinajstić information content (AvgIpc) is 2.42. The predicted molar refractivity (Wildman–Crippen MR) is 68.0 cm³/mol. The Morgan fingerprint density at radius 1 is 1.29 bits per heavy atom. The minimum Gasteiger partial charge on any atom is -0.468 e. The van der Waals surface area contributed by atoms with Crippen molar-refractivity contribution in [2.75, 3.05) is 7.11 Å². The van der Waals surface area contributed by atoms with Gasteiger partial charge in [0.15, 0.2) is 11.6 Å². The SMILES string of the molecule is COC(=O)C1CC(c2cc(F)cc(F)c2F)C(C)CC1=O. The van der Waals surface area contributed by atoms with E-state index in [4.69, 9.17) is 0 Å². The summed E-state index contributed by atoms with van der Waals surface area (Å²) in [6.07, 6.45) is 0.0362. The van der Waals surface area contributed by atoms with Crippen LogP contribution in [0.3, 0.4) is 0 Å². The van der Waals surface area contributed by atoms with E-state index in [1.165, 1.54) is 0 Å². The van der Waals surface area contributed by atoms with Crippen LogP contribution in [0, 0.1) is 29.3 Å².